The minimum Gasteiger partial charge on any atom is -0.450 e. The third-order valence-corrected chi connectivity index (χ3v) is 5.93. The smallest absolute Gasteiger partial charge is 0.290 e. The molecule has 0 fully saturated rings. The zero-order valence-corrected chi connectivity index (χ0v) is 17.9. The first-order valence-electron chi connectivity index (χ1n) is 9.45. The van der Waals surface area contributed by atoms with E-state index in [2.05, 4.69) is 0 Å². The lowest BCUT2D eigenvalue weighted by molar-refractivity contribution is 0.0722. The molecule has 1 aromatic heterocycles. The fourth-order valence-corrected chi connectivity index (χ4v) is 4.12. The maximum atomic E-state index is 13.8. The molecule has 1 amide bonds. The summed E-state index contributed by atoms with van der Waals surface area (Å²) in [5, 5.41) is 0.790. The van der Waals surface area contributed by atoms with Crippen molar-refractivity contribution >= 4 is 40.1 Å². The Balaban J connectivity index is 1.90. The molecule has 0 saturated carbocycles. The van der Waals surface area contributed by atoms with Crippen molar-refractivity contribution in [3.05, 3.63) is 79.4 Å². The van der Waals surface area contributed by atoms with Crippen LogP contribution in [0, 0.1) is 5.82 Å². The molecule has 8 heteroatoms. The van der Waals surface area contributed by atoms with Crippen molar-refractivity contribution in [1.82, 2.24) is 9.80 Å². The maximum absolute atomic E-state index is 13.8. The van der Waals surface area contributed by atoms with Crippen molar-refractivity contribution in [2.75, 3.05) is 27.2 Å². The van der Waals surface area contributed by atoms with E-state index in [1.807, 2.05) is 19.0 Å². The predicted octanol–water partition coefficient (Wildman–Crippen LogP) is 4.74. The summed E-state index contributed by atoms with van der Waals surface area (Å²) in [7, 11) is 3.90. The number of nitrogens with zero attached hydrogens (tertiary/aromatic N) is 2. The number of amides is 1. The fourth-order valence-electron chi connectivity index (χ4n) is 3.81. The molecule has 3 aromatic rings. The van der Waals surface area contributed by atoms with Crippen molar-refractivity contribution in [3.8, 4) is 0 Å². The topological polar surface area (TPSA) is 53.8 Å². The van der Waals surface area contributed by atoms with Gasteiger partial charge in [-0.1, -0.05) is 29.3 Å². The van der Waals surface area contributed by atoms with Gasteiger partial charge in [0.05, 0.1) is 27.0 Å². The number of carbonyl (C=O) groups excluding carboxylic acids is 1. The van der Waals surface area contributed by atoms with Gasteiger partial charge in [0, 0.05) is 6.54 Å². The number of halogens is 3. The normalized spacial score (nSPS) is 16.0. The Morgan fingerprint density at radius 2 is 1.87 bits per heavy atom. The van der Waals surface area contributed by atoms with E-state index in [0.29, 0.717) is 28.6 Å². The standard InChI is InChI=1S/C22H19Cl2FN2O3/c1-26(2)8-3-9-27-19(12-4-6-15(23)16(24)10-12)18-20(28)14-11-13(25)5-7-17(14)30-21(18)22(27)29/h4-7,10-11,19H,3,8-9H2,1-2H3. The minimum absolute atomic E-state index is 0.0139. The molecule has 1 aliphatic rings. The van der Waals surface area contributed by atoms with Gasteiger partial charge in [0.15, 0.2) is 5.43 Å². The molecule has 1 unspecified atom stereocenters. The van der Waals surface area contributed by atoms with E-state index in [4.69, 9.17) is 27.6 Å². The Morgan fingerprint density at radius 1 is 1.10 bits per heavy atom. The Morgan fingerprint density at radius 3 is 2.57 bits per heavy atom. The van der Waals surface area contributed by atoms with Crippen LogP contribution in [0.15, 0.2) is 45.6 Å². The van der Waals surface area contributed by atoms with Gasteiger partial charge in [-0.15, -0.1) is 0 Å². The molecule has 0 aliphatic carbocycles. The number of hydrogen-bond donors (Lipinski definition) is 0. The molecule has 0 spiro atoms. The van der Waals surface area contributed by atoms with Gasteiger partial charge in [-0.2, -0.15) is 0 Å². The average Bonchev–Trinajstić information content (AvgIpc) is 2.97. The first-order chi connectivity index (χ1) is 14.3. The van der Waals surface area contributed by atoms with Gasteiger partial charge in [-0.05, 0) is 63.0 Å². The van der Waals surface area contributed by atoms with E-state index < -0.39 is 17.3 Å². The van der Waals surface area contributed by atoms with Gasteiger partial charge in [0.1, 0.15) is 11.4 Å². The average molecular weight is 449 g/mol. The van der Waals surface area contributed by atoms with E-state index in [0.717, 1.165) is 12.6 Å². The number of benzene rings is 2. The van der Waals surface area contributed by atoms with Crippen LogP contribution in [-0.2, 0) is 0 Å². The molecule has 0 saturated heterocycles. The zero-order chi connectivity index (χ0) is 21.6. The van der Waals surface area contributed by atoms with E-state index in [1.165, 1.54) is 12.1 Å². The molecule has 5 nitrogen and oxygen atoms in total. The third-order valence-electron chi connectivity index (χ3n) is 5.19. The Hall–Kier alpha value is -2.41. The highest BCUT2D eigenvalue weighted by Gasteiger charge is 2.42. The molecule has 1 atom stereocenters. The molecular weight excluding hydrogens is 430 g/mol. The summed E-state index contributed by atoms with van der Waals surface area (Å²) < 4.78 is 19.6. The number of fused-ring (bicyclic) bond motifs is 2. The summed E-state index contributed by atoms with van der Waals surface area (Å²) in [6.45, 7) is 1.18. The first kappa shape index (κ1) is 20.8. The highest BCUT2D eigenvalue weighted by atomic mass is 35.5. The lowest BCUT2D eigenvalue weighted by Crippen LogP contribution is -2.32. The Kier molecular flexibility index (Phi) is 5.57. The van der Waals surface area contributed by atoms with Gasteiger partial charge in [0.2, 0.25) is 5.76 Å². The summed E-state index contributed by atoms with van der Waals surface area (Å²) >= 11 is 12.3. The van der Waals surface area contributed by atoms with Crippen LogP contribution >= 0.6 is 23.2 Å². The van der Waals surface area contributed by atoms with Gasteiger partial charge < -0.3 is 14.2 Å². The highest BCUT2D eigenvalue weighted by molar-refractivity contribution is 6.42. The van der Waals surface area contributed by atoms with Crippen LogP contribution in [0.3, 0.4) is 0 Å². The monoisotopic (exact) mass is 448 g/mol. The fraction of sp³-hybridized carbons (Fsp3) is 0.273. The molecular formula is C22H19Cl2FN2O3. The van der Waals surface area contributed by atoms with E-state index in [9.17, 15) is 14.0 Å². The number of rotatable bonds is 5. The summed E-state index contributed by atoms with van der Waals surface area (Å²) in [4.78, 5) is 30.1. The third kappa shape index (κ3) is 3.60. The lowest BCUT2D eigenvalue weighted by atomic mass is 9.98. The maximum Gasteiger partial charge on any atom is 0.290 e. The van der Waals surface area contributed by atoms with Crippen LogP contribution < -0.4 is 5.43 Å². The second-order valence-electron chi connectivity index (χ2n) is 7.55. The van der Waals surface area contributed by atoms with Gasteiger partial charge in [-0.25, -0.2) is 4.39 Å². The van der Waals surface area contributed by atoms with Crippen molar-refractivity contribution in [2.45, 2.75) is 12.5 Å². The second kappa shape index (κ2) is 8.02. The number of carbonyl (C=O) groups is 1. The van der Waals surface area contributed by atoms with Crippen LogP contribution in [0.4, 0.5) is 4.39 Å². The van der Waals surface area contributed by atoms with E-state index in [-0.39, 0.29) is 28.2 Å². The summed E-state index contributed by atoms with van der Waals surface area (Å²) in [6, 6.07) is 8.01. The molecule has 2 heterocycles. The number of hydrogen-bond acceptors (Lipinski definition) is 4. The molecule has 0 bridgehead atoms. The van der Waals surface area contributed by atoms with Gasteiger partial charge in [0.25, 0.3) is 5.91 Å². The molecule has 4 rings (SSSR count). The second-order valence-corrected chi connectivity index (χ2v) is 8.36. The molecule has 0 N–H and O–H groups in total. The lowest BCUT2D eigenvalue weighted by Gasteiger charge is -2.26. The summed E-state index contributed by atoms with van der Waals surface area (Å²) in [6.07, 6.45) is 0.701. The van der Waals surface area contributed by atoms with Crippen molar-refractivity contribution in [1.29, 1.82) is 0 Å². The summed E-state index contributed by atoms with van der Waals surface area (Å²) in [5.74, 6) is -0.934. The Bertz CT molecular complexity index is 1210. The zero-order valence-electron chi connectivity index (χ0n) is 16.4. The van der Waals surface area contributed by atoms with Crippen molar-refractivity contribution in [3.63, 3.8) is 0 Å². The first-order valence-corrected chi connectivity index (χ1v) is 10.2. The molecule has 0 radical (unpaired) electrons. The van der Waals surface area contributed by atoms with Crippen LogP contribution in [0.25, 0.3) is 11.0 Å². The minimum atomic E-state index is -0.687. The quantitative estimate of drug-likeness (QED) is 0.565. The van der Waals surface area contributed by atoms with Crippen LogP contribution in [0.1, 0.15) is 34.1 Å². The molecule has 30 heavy (non-hydrogen) atoms. The molecule has 156 valence electrons. The van der Waals surface area contributed by atoms with Crippen LogP contribution in [-0.4, -0.2) is 42.9 Å². The van der Waals surface area contributed by atoms with Crippen molar-refractivity contribution < 1.29 is 13.6 Å². The van der Waals surface area contributed by atoms with E-state index in [1.54, 1.807) is 23.1 Å². The van der Waals surface area contributed by atoms with Crippen LogP contribution in [0.2, 0.25) is 10.0 Å². The highest BCUT2D eigenvalue weighted by Crippen LogP contribution is 2.39. The SMILES string of the molecule is CN(C)CCCN1C(=O)c2oc3ccc(F)cc3c(=O)c2C1c1ccc(Cl)c(Cl)c1. The molecule has 1 aliphatic heterocycles. The predicted molar refractivity (Wildman–Crippen MR) is 115 cm³/mol. The summed E-state index contributed by atoms with van der Waals surface area (Å²) in [5.41, 5.74) is 0.590. The van der Waals surface area contributed by atoms with Crippen molar-refractivity contribution in [2.24, 2.45) is 0 Å². The largest absolute Gasteiger partial charge is 0.450 e. The van der Waals surface area contributed by atoms with Crippen LogP contribution in [0.5, 0.6) is 0 Å². The molecule has 2 aromatic carbocycles. The van der Waals surface area contributed by atoms with Gasteiger partial charge in [-0.3, -0.25) is 9.59 Å². The Labute approximate surface area is 182 Å². The van der Waals surface area contributed by atoms with E-state index >= 15 is 0 Å². The van der Waals surface area contributed by atoms with Gasteiger partial charge >= 0.3 is 0 Å².